The van der Waals surface area contributed by atoms with Gasteiger partial charge in [-0.25, -0.2) is 4.79 Å². The number of aliphatic hydroxyl groups excluding tert-OH is 1. The maximum atomic E-state index is 11.4. The molecular weight excluding hydrogens is 194 g/mol. The Morgan fingerprint density at radius 3 is 2.87 bits per heavy atom. The van der Waals surface area contributed by atoms with Crippen LogP contribution in [0.25, 0.3) is 0 Å². The van der Waals surface area contributed by atoms with Crippen LogP contribution in [-0.4, -0.2) is 31.3 Å². The first-order valence-electron chi connectivity index (χ1n) is 4.77. The van der Waals surface area contributed by atoms with E-state index in [1.165, 1.54) is 7.11 Å². The lowest BCUT2D eigenvalue weighted by atomic mass is 10.1. The topological polar surface area (TPSA) is 58.6 Å². The zero-order valence-corrected chi connectivity index (χ0v) is 8.69. The molecule has 0 radical (unpaired) electrons. The average molecular weight is 209 g/mol. The van der Waals surface area contributed by atoms with Gasteiger partial charge in [-0.1, -0.05) is 18.2 Å². The molecule has 82 valence electrons. The molecule has 0 aliphatic rings. The molecule has 0 aromatic heterocycles. The molecule has 0 atom stereocenters. The van der Waals surface area contributed by atoms with Gasteiger partial charge in [-0.2, -0.15) is 0 Å². The summed E-state index contributed by atoms with van der Waals surface area (Å²) in [6, 6.07) is 7.24. The molecule has 0 fully saturated rings. The van der Waals surface area contributed by atoms with Gasteiger partial charge in [0.25, 0.3) is 0 Å². The van der Waals surface area contributed by atoms with Gasteiger partial charge in [0.15, 0.2) is 0 Å². The van der Waals surface area contributed by atoms with Crippen molar-refractivity contribution in [3.8, 4) is 0 Å². The van der Waals surface area contributed by atoms with Crippen molar-refractivity contribution in [2.75, 3.05) is 20.3 Å². The van der Waals surface area contributed by atoms with E-state index >= 15 is 0 Å². The Hall–Kier alpha value is -1.39. The fourth-order valence-electron chi connectivity index (χ4n) is 1.29. The van der Waals surface area contributed by atoms with Crippen LogP contribution in [0.1, 0.15) is 15.9 Å². The molecule has 0 unspecified atom stereocenters. The molecule has 0 aliphatic heterocycles. The average Bonchev–Trinajstić information content (AvgIpc) is 2.29. The molecule has 15 heavy (non-hydrogen) atoms. The summed E-state index contributed by atoms with van der Waals surface area (Å²) in [6.07, 6.45) is 0. The zero-order chi connectivity index (χ0) is 11.1. The number of carbonyl (C=O) groups excluding carboxylic acids is 1. The second kappa shape index (κ2) is 6.16. The van der Waals surface area contributed by atoms with E-state index in [0.717, 1.165) is 5.56 Å². The summed E-state index contributed by atoms with van der Waals surface area (Å²) < 4.78 is 4.67. The molecule has 0 heterocycles. The number of hydrogen-bond acceptors (Lipinski definition) is 4. The van der Waals surface area contributed by atoms with Crippen molar-refractivity contribution in [3.63, 3.8) is 0 Å². The molecule has 0 saturated heterocycles. The smallest absolute Gasteiger partial charge is 0.338 e. The Bertz CT molecular complexity index is 325. The van der Waals surface area contributed by atoms with Crippen LogP contribution in [-0.2, 0) is 11.3 Å². The van der Waals surface area contributed by atoms with Crippen molar-refractivity contribution in [1.29, 1.82) is 0 Å². The summed E-state index contributed by atoms with van der Waals surface area (Å²) >= 11 is 0. The summed E-state index contributed by atoms with van der Waals surface area (Å²) in [5.41, 5.74) is 1.43. The maximum Gasteiger partial charge on any atom is 0.338 e. The van der Waals surface area contributed by atoms with Gasteiger partial charge in [0.05, 0.1) is 19.3 Å². The quantitative estimate of drug-likeness (QED) is 0.549. The van der Waals surface area contributed by atoms with Crippen LogP contribution in [0.15, 0.2) is 24.3 Å². The molecule has 2 N–H and O–H groups in total. The Morgan fingerprint density at radius 2 is 2.20 bits per heavy atom. The van der Waals surface area contributed by atoms with Crippen LogP contribution < -0.4 is 5.32 Å². The van der Waals surface area contributed by atoms with E-state index in [-0.39, 0.29) is 12.6 Å². The minimum absolute atomic E-state index is 0.0837. The van der Waals surface area contributed by atoms with Gasteiger partial charge in [0.1, 0.15) is 0 Å². The maximum absolute atomic E-state index is 11.4. The van der Waals surface area contributed by atoms with Gasteiger partial charge >= 0.3 is 5.97 Å². The highest BCUT2D eigenvalue weighted by atomic mass is 16.5. The predicted octanol–water partition coefficient (Wildman–Crippen LogP) is 0.555. The Balaban J connectivity index is 2.73. The Labute approximate surface area is 88.9 Å². The number of methoxy groups -OCH3 is 1. The first kappa shape index (κ1) is 11.7. The Morgan fingerprint density at radius 1 is 1.47 bits per heavy atom. The first-order valence-corrected chi connectivity index (χ1v) is 4.77. The number of ether oxygens (including phenoxy) is 1. The van der Waals surface area contributed by atoms with Crippen LogP contribution in [0, 0.1) is 0 Å². The van der Waals surface area contributed by atoms with Gasteiger partial charge in [-0.05, 0) is 11.6 Å². The SMILES string of the molecule is COC(=O)c1ccccc1CNCCO. The third-order valence-electron chi connectivity index (χ3n) is 2.03. The van der Waals surface area contributed by atoms with Gasteiger partial charge < -0.3 is 15.2 Å². The number of carbonyl (C=O) groups is 1. The van der Waals surface area contributed by atoms with Gasteiger partial charge in [-0.3, -0.25) is 0 Å². The fourth-order valence-corrected chi connectivity index (χ4v) is 1.29. The predicted molar refractivity (Wildman–Crippen MR) is 56.6 cm³/mol. The lowest BCUT2D eigenvalue weighted by molar-refractivity contribution is 0.0599. The number of esters is 1. The molecule has 4 heteroatoms. The van der Waals surface area contributed by atoms with Crippen molar-refractivity contribution >= 4 is 5.97 Å². The molecule has 0 saturated carbocycles. The van der Waals surface area contributed by atoms with Gasteiger partial charge in [0.2, 0.25) is 0 Å². The second-order valence-corrected chi connectivity index (χ2v) is 3.05. The lowest BCUT2D eigenvalue weighted by Gasteiger charge is -2.07. The molecule has 0 amide bonds. The van der Waals surface area contributed by atoms with Crippen molar-refractivity contribution in [2.45, 2.75) is 6.54 Å². The molecule has 0 spiro atoms. The van der Waals surface area contributed by atoms with Crippen LogP contribution >= 0.6 is 0 Å². The largest absolute Gasteiger partial charge is 0.465 e. The fraction of sp³-hybridized carbons (Fsp3) is 0.364. The van der Waals surface area contributed by atoms with E-state index in [1.54, 1.807) is 12.1 Å². The van der Waals surface area contributed by atoms with E-state index in [1.807, 2.05) is 12.1 Å². The first-order chi connectivity index (χ1) is 7.29. The Kier molecular flexibility index (Phi) is 4.80. The third-order valence-corrected chi connectivity index (χ3v) is 2.03. The monoisotopic (exact) mass is 209 g/mol. The highest BCUT2D eigenvalue weighted by Gasteiger charge is 2.09. The van der Waals surface area contributed by atoms with E-state index in [4.69, 9.17) is 5.11 Å². The van der Waals surface area contributed by atoms with Crippen molar-refractivity contribution in [3.05, 3.63) is 35.4 Å². The normalized spacial score (nSPS) is 10.0. The number of hydrogen-bond donors (Lipinski definition) is 2. The van der Waals surface area contributed by atoms with E-state index in [2.05, 4.69) is 10.1 Å². The molecule has 1 aromatic carbocycles. The van der Waals surface area contributed by atoms with E-state index in [9.17, 15) is 4.79 Å². The summed E-state index contributed by atoms with van der Waals surface area (Å²) in [5.74, 6) is -0.337. The van der Waals surface area contributed by atoms with Crippen molar-refractivity contribution in [1.82, 2.24) is 5.32 Å². The summed E-state index contributed by atoms with van der Waals surface area (Å²) in [5, 5.41) is 11.6. The van der Waals surface area contributed by atoms with Gasteiger partial charge in [-0.15, -0.1) is 0 Å². The lowest BCUT2D eigenvalue weighted by Crippen LogP contribution is -2.19. The van der Waals surface area contributed by atoms with E-state index in [0.29, 0.717) is 18.7 Å². The minimum Gasteiger partial charge on any atom is -0.465 e. The zero-order valence-electron chi connectivity index (χ0n) is 8.69. The molecule has 1 rings (SSSR count). The molecule has 4 nitrogen and oxygen atoms in total. The summed E-state index contributed by atoms with van der Waals surface area (Å²) in [7, 11) is 1.36. The second-order valence-electron chi connectivity index (χ2n) is 3.05. The van der Waals surface area contributed by atoms with Crippen LogP contribution in [0.5, 0.6) is 0 Å². The van der Waals surface area contributed by atoms with Crippen molar-refractivity contribution < 1.29 is 14.6 Å². The number of aliphatic hydroxyl groups is 1. The number of nitrogens with one attached hydrogen (secondary N) is 1. The van der Waals surface area contributed by atoms with Crippen molar-refractivity contribution in [2.24, 2.45) is 0 Å². The van der Waals surface area contributed by atoms with Crippen LogP contribution in [0.4, 0.5) is 0 Å². The number of rotatable bonds is 5. The van der Waals surface area contributed by atoms with E-state index < -0.39 is 0 Å². The highest BCUT2D eigenvalue weighted by molar-refractivity contribution is 5.90. The van der Waals surface area contributed by atoms with Gasteiger partial charge in [0, 0.05) is 13.1 Å². The third kappa shape index (κ3) is 3.34. The molecule has 0 aliphatic carbocycles. The number of benzene rings is 1. The molecular formula is C11H15NO3. The molecule has 1 aromatic rings. The standard InChI is InChI=1S/C11H15NO3/c1-15-11(14)10-5-3-2-4-9(10)8-12-6-7-13/h2-5,12-13H,6-8H2,1H3. The summed E-state index contributed by atoms with van der Waals surface area (Å²) in [6.45, 7) is 1.14. The minimum atomic E-state index is -0.337. The van der Waals surface area contributed by atoms with Crippen LogP contribution in [0.3, 0.4) is 0 Å². The highest BCUT2D eigenvalue weighted by Crippen LogP contribution is 2.09. The molecule has 0 bridgehead atoms. The summed E-state index contributed by atoms with van der Waals surface area (Å²) in [4.78, 5) is 11.4. The van der Waals surface area contributed by atoms with Crippen LogP contribution in [0.2, 0.25) is 0 Å².